The molecule has 1 aromatic carbocycles. The normalized spacial score (nSPS) is 16.9. The summed E-state index contributed by atoms with van der Waals surface area (Å²) < 4.78 is 24.1. The summed E-state index contributed by atoms with van der Waals surface area (Å²) in [6.07, 6.45) is 0.413. The van der Waals surface area contributed by atoms with Gasteiger partial charge in [-0.15, -0.1) is 4.39 Å². The lowest BCUT2D eigenvalue weighted by molar-refractivity contribution is -0.103. The first-order chi connectivity index (χ1) is 13.2. The number of hydrogen-bond donors (Lipinski definition) is 0. The van der Waals surface area contributed by atoms with Gasteiger partial charge in [-0.2, -0.15) is 0 Å². The molecule has 0 radical (unpaired) electrons. The van der Waals surface area contributed by atoms with E-state index in [1.54, 1.807) is 44.2 Å². The van der Waals surface area contributed by atoms with Crippen molar-refractivity contribution in [3.05, 3.63) is 35.9 Å². The minimum atomic E-state index is -1.87. The molecule has 154 valence electrons. The van der Waals surface area contributed by atoms with Crippen molar-refractivity contribution in [1.29, 1.82) is 0 Å². The summed E-state index contributed by atoms with van der Waals surface area (Å²) in [7, 11) is 0. The summed E-state index contributed by atoms with van der Waals surface area (Å²) >= 11 is 0. The van der Waals surface area contributed by atoms with Crippen LogP contribution >= 0.6 is 0 Å². The molecule has 2 rings (SSSR count). The molecule has 0 N–H and O–H groups in total. The van der Waals surface area contributed by atoms with Crippen LogP contribution in [0.25, 0.3) is 0 Å². The molecule has 0 spiro atoms. The summed E-state index contributed by atoms with van der Waals surface area (Å²) in [6.45, 7) is 5.27. The van der Waals surface area contributed by atoms with E-state index in [1.165, 1.54) is 0 Å². The van der Waals surface area contributed by atoms with E-state index in [2.05, 4.69) is 0 Å². The van der Waals surface area contributed by atoms with Crippen LogP contribution in [0.15, 0.2) is 30.3 Å². The van der Waals surface area contributed by atoms with E-state index in [0.29, 0.717) is 10.5 Å². The Morgan fingerprint density at radius 3 is 2.21 bits per heavy atom. The van der Waals surface area contributed by atoms with Crippen LogP contribution in [0, 0.1) is 11.3 Å². The number of rotatable bonds is 6. The molecule has 0 saturated heterocycles. The average molecular weight is 393 g/mol. The third kappa shape index (κ3) is 6.04. The second-order valence-electron chi connectivity index (χ2n) is 7.98. The Bertz CT molecular complexity index is 685. The van der Waals surface area contributed by atoms with Gasteiger partial charge in [-0.25, -0.2) is 19.3 Å². The van der Waals surface area contributed by atoms with E-state index in [4.69, 9.17) is 9.47 Å². The van der Waals surface area contributed by atoms with Crippen molar-refractivity contribution in [1.82, 2.24) is 4.90 Å². The Hall–Kier alpha value is -2.44. The largest absolute Gasteiger partial charge is 0.421 e. The number of hydrogen-bond acceptors (Lipinski definition) is 5. The molecule has 1 saturated carbocycles. The van der Waals surface area contributed by atoms with Gasteiger partial charge in [0, 0.05) is 12.5 Å². The van der Waals surface area contributed by atoms with Crippen LogP contribution in [-0.2, 0) is 9.47 Å². The number of imide groups is 1. The lowest BCUT2D eigenvalue weighted by Crippen LogP contribution is -2.45. The van der Waals surface area contributed by atoms with E-state index in [0.717, 1.165) is 32.1 Å². The van der Waals surface area contributed by atoms with E-state index in [9.17, 15) is 18.8 Å². The predicted octanol–water partition coefficient (Wildman–Crippen LogP) is 5.32. The van der Waals surface area contributed by atoms with E-state index in [-0.39, 0.29) is 17.9 Å². The second kappa shape index (κ2) is 9.66. The number of amides is 2. The fourth-order valence-electron chi connectivity index (χ4n) is 3.35. The first kappa shape index (κ1) is 21.9. The highest BCUT2D eigenvalue weighted by molar-refractivity contribution is 5.90. The lowest BCUT2D eigenvalue weighted by atomic mass is 9.75. The molecule has 0 bridgehead atoms. The maximum absolute atomic E-state index is 13.6. The molecular weight excluding hydrogens is 365 g/mol. The maximum Gasteiger partial charge on any atom is 0.421 e. The smallest absolute Gasteiger partial charge is 0.421 e. The highest BCUT2D eigenvalue weighted by Gasteiger charge is 2.36. The summed E-state index contributed by atoms with van der Waals surface area (Å²) in [5, 5.41) is 0. The molecule has 7 heteroatoms. The molecule has 1 unspecified atom stereocenters. The highest BCUT2D eigenvalue weighted by atomic mass is 19.1. The van der Waals surface area contributed by atoms with Gasteiger partial charge in [0.1, 0.15) is 0 Å². The maximum atomic E-state index is 13.6. The van der Waals surface area contributed by atoms with Crippen LogP contribution in [0.5, 0.6) is 0 Å². The molecule has 1 aliphatic rings. The van der Waals surface area contributed by atoms with Gasteiger partial charge in [-0.3, -0.25) is 0 Å². The van der Waals surface area contributed by atoms with Crippen LogP contribution in [0.4, 0.5) is 14.0 Å². The summed E-state index contributed by atoms with van der Waals surface area (Å²) in [6, 6.07) is 8.27. The highest BCUT2D eigenvalue weighted by Crippen LogP contribution is 2.36. The first-order valence-corrected chi connectivity index (χ1v) is 9.65. The van der Waals surface area contributed by atoms with Gasteiger partial charge in [-0.1, -0.05) is 58.2 Å². The standard InChI is InChI=1S/C21H28FNO5/c1-15(2)18(27-17(24)16-10-6-4-7-11-16)28-20(26)23(19(22)25)14-21(3)12-8-5-9-13-21/h4,6-7,10-11,15,18H,5,8-9,12-14H2,1-3H3. The third-order valence-corrected chi connectivity index (χ3v) is 5.03. The van der Waals surface area contributed by atoms with Gasteiger partial charge in [0.25, 0.3) is 6.29 Å². The third-order valence-electron chi connectivity index (χ3n) is 5.03. The molecular formula is C21H28FNO5. The van der Waals surface area contributed by atoms with Gasteiger partial charge in [0.15, 0.2) is 0 Å². The molecule has 28 heavy (non-hydrogen) atoms. The Labute approximate surface area is 165 Å². The van der Waals surface area contributed by atoms with Crippen LogP contribution in [0.1, 0.15) is 63.2 Å². The Morgan fingerprint density at radius 2 is 1.68 bits per heavy atom. The number of halogens is 1. The van der Waals surface area contributed by atoms with Gasteiger partial charge in [0.05, 0.1) is 5.56 Å². The quantitative estimate of drug-likeness (QED) is 0.283. The Balaban J connectivity index is 2.05. The molecule has 6 nitrogen and oxygen atoms in total. The van der Waals surface area contributed by atoms with Crippen LogP contribution < -0.4 is 0 Å². The summed E-state index contributed by atoms with van der Waals surface area (Å²) in [4.78, 5) is 36.6. The molecule has 2 amide bonds. The van der Waals surface area contributed by atoms with Crippen LogP contribution in [-0.4, -0.2) is 36.0 Å². The first-order valence-electron chi connectivity index (χ1n) is 9.65. The van der Waals surface area contributed by atoms with Crippen molar-refractivity contribution in [2.24, 2.45) is 11.3 Å². The molecule has 1 aromatic rings. The molecule has 1 fully saturated rings. The van der Waals surface area contributed by atoms with Crippen molar-refractivity contribution in [3.63, 3.8) is 0 Å². The topological polar surface area (TPSA) is 72.9 Å². The van der Waals surface area contributed by atoms with Crippen molar-refractivity contribution in [2.45, 2.75) is 59.2 Å². The minimum absolute atomic E-state index is 0.0569. The van der Waals surface area contributed by atoms with E-state index >= 15 is 0 Å². The predicted molar refractivity (Wildman–Crippen MR) is 101 cm³/mol. The van der Waals surface area contributed by atoms with Crippen molar-refractivity contribution >= 4 is 18.2 Å². The van der Waals surface area contributed by atoms with Gasteiger partial charge in [-0.05, 0) is 30.4 Å². The number of benzene rings is 1. The van der Waals surface area contributed by atoms with Crippen molar-refractivity contribution in [3.8, 4) is 0 Å². The molecule has 1 atom stereocenters. The Kier molecular flexibility index (Phi) is 7.54. The van der Waals surface area contributed by atoms with Gasteiger partial charge >= 0.3 is 18.2 Å². The van der Waals surface area contributed by atoms with Crippen molar-refractivity contribution in [2.75, 3.05) is 6.54 Å². The fraction of sp³-hybridized carbons (Fsp3) is 0.571. The zero-order valence-electron chi connectivity index (χ0n) is 16.7. The van der Waals surface area contributed by atoms with Crippen LogP contribution in [0.2, 0.25) is 0 Å². The molecule has 0 aliphatic heterocycles. The zero-order chi connectivity index (χ0) is 20.7. The fourth-order valence-corrected chi connectivity index (χ4v) is 3.35. The second-order valence-corrected chi connectivity index (χ2v) is 7.98. The van der Waals surface area contributed by atoms with Gasteiger partial charge < -0.3 is 9.47 Å². The molecule has 1 aliphatic carbocycles. The Morgan fingerprint density at radius 1 is 1.07 bits per heavy atom. The average Bonchev–Trinajstić information content (AvgIpc) is 2.66. The summed E-state index contributed by atoms with van der Waals surface area (Å²) in [5.74, 6) is -1.04. The number of ether oxygens (including phenoxy) is 2. The van der Waals surface area contributed by atoms with Gasteiger partial charge in [0.2, 0.25) is 0 Å². The number of carbonyl (C=O) groups is 3. The molecule has 0 heterocycles. The number of esters is 1. The summed E-state index contributed by atoms with van der Waals surface area (Å²) in [5.41, 5.74) is -0.0371. The number of nitrogens with zero attached hydrogens (tertiary/aromatic N) is 1. The van der Waals surface area contributed by atoms with Crippen molar-refractivity contribution < 1.29 is 28.2 Å². The van der Waals surface area contributed by atoms with E-state index < -0.39 is 24.5 Å². The lowest BCUT2D eigenvalue weighted by Gasteiger charge is -2.36. The zero-order valence-corrected chi connectivity index (χ0v) is 16.7. The minimum Gasteiger partial charge on any atom is -0.421 e. The molecule has 0 aromatic heterocycles. The number of carbonyl (C=O) groups excluding carboxylic acids is 3. The monoisotopic (exact) mass is 393 g/mol. The van der Waals surface area contributed by atoms with E-state index in [1.807, 2.05) is 6.92 Å². The van der Waals surface area contributed by atoms with Crippen LogP contribution in [0.3, 0.4) is 0 Å². The SMILES string of the molecule is CC(C)C(OC(=O)c1ccccc1)OC(=O)N(CC1(C)CCCCC1)C(=O)F.